The topological polar surface area (TPSA) is 57.8 Å². The summed E-state index contributed by atoms with van der Waals surface area (Å²) < 4.78 is 40.5. The molecule has 7 heteroatoms. The summed E-state index contributed by atoms with van der Waals surface area (Å²) >= 11 is 0. The van der Waals surface area contributed by atoms with Crippen LogP contribution in [0.3, 0.4) is 0 Å². The maximum atomic E-state index is 14.0. The number of hydrogen-bond acceptors (Lipinski definition) is 2. The van der Waals surface area contributed by atoms with E-state index in [1.165, 1.54) is 24.5 Å². The molecule has 0 radical (unpaired) electrons. The zero-order chi connectivity index (χ0) is 16.4. The largest absolute Gasteiger partial charge is 0.321 e. The number of nitrogens with one attached hydrogen (secondary N) is 2. The zero-order valence-electron chi connectivity index (χ0n) is 11.6. The summed E-state index contributed by atoms with van der Waals surface area (Å²) in [6.45, 7) is 0. The molecular formula is C16H10F3N3O. The molecule has 1 aromatic heterocycles. The fourth-order valence-corrected chi connectivity index (χ4v) is 2.13. The van der Waals surface area contributed by atoms with Crippen molar-refractivity contribution in [1.82, 2.24) is 10.2 Å². The van der Waals surface area contributed by atoms with Crippen LogP contribution in [0.5, 0.6) is 0 Å². The summed E-state index contributed by atoms with van der Waals surface area (Å²) in [5.74, 6) is -3.83. The van der Waals surface area contributed by atoms with Gasteiger partial charge in [-0.15, -0.1) is 0 Å². The molecule has 0 spiro atoms. The Labute approximate surface area is 129 Å². The van der Waals surface area contributed by atoms with Crippen LogP contribution >= 0.6 is 0 Å². The Morgan fingerprint density at radius 2 is 1.74 bits per heavy atom. The van der Waals surface area contributed by atoms with Gasteiger partial charge >= 0.3 is 0 Å². The van der Waals surface area contributed by atoms with E-state index in [-0.39, 0.29) is 22.4 Å². The number of halogens is 3. The maximum Gasteiger partial charge on any atom is 0.258 e. The molecule has 1 heterocycles. The van der Waals surface area contributed by atoms with Gasteiger partial charge in [0.05, 0.1) is 11.8 Å². The van der Waals surface area contributed by atoms with Crippen LogP contribution in [0.1, 0.15) is 10.4 Å². The lowest BCUT2D eigenvalue weighted by molar-refractivity contribution is 0.102. The minimum atomic E-state index is -1.27. The third kappa shape index (κ3) is 2.94. The summed E-state index contributed by atoms with van der Waals surface area (Å²) in [6.07, 6.45) is 2.73. The van der Waals surface area contributed by atoms with E-state index in [1.54, 1.807) is 12.1 Å². The van der Waals surface area contributed by atoms with Crippen LogP contribution in [0.4, 0.5) is 18.9 Å². The Hall–Kier alpha value is -3.09. The first-order chi connectivity index (χ1) is 11.1. The first-order valence-electron chi connectivity index (χ1n) is 6.60. The Balaban J connectivity index is 2.02. The van der Waals surface area contributed by atoms with E-state index in [1.807, 2.05) is 0 Å². The lowest BCUT2D eigenvalue weighted by Crippen LogP contribution is -2.12. The van der Waals surface area contributed by atoms with Gasteiger partial charge in [0.25, 0.3) is 5.91 Å². The fraction of sp³-hybridized carbons (Fsp3) is 0. The standard InChI is InChI=1S/C16H10F3N3O/c17-12-6-14(19)13(18)5-11(12)10-3-1-2-4-15(10)22-16(23)9-7-20-21-8-9/h1-8H,(H,20,21)(H,22,23). The van der Waals surface area contributed by atoms with Crippen LogP contribution in [0.25, 0.3) is 11.1 Å². The molecule has 23 heavy (non-hydrogen) atoms. The van der Waals surface area contributed by atoms with Crippen molar-refractivity contribution in [2.75, 3.05) is 5.32 Å². The predicted molar refractivity (Wildman–Crippen MR) is 78.3 cm³/mol. The third-order valence-corrected chi connectivity index (χ3v) is 3.24. The van der Waals surface area contributed by atoms with Gasteiger partial charge in [-0.3, -0.25) is 9.89 Å². The van der Waals surface area contributed by atoms with Gasteiger partial charge in [0.2, 0.25) is 0 Å². The molecule has 0 saturated heterocycles. The van der Waals surface area contributed by atoms with Crippen molar-refractivity contribution < 1.29 is 18.0 Å². The van der Waals surface area contributed by atoms with Gasteiger partial charge in [-0.2, -0.15) is 5.10 Å². The molecule has 0 atom stereocenters. The molecule has 1 amide bonds. The highest BCUT2D eigenvalue weighted by Gasteiger charge is 2.16. The second-order valence-electron chi connectivity index (χ2n) is 4.73. The Kier molecular flexibility index (Phi) is 3.84. The van der Waals surface area contributed by atoms with Gasteiger partial charge < -0.3 is 5.32 Å². The number of aromatic amines is 1. The maximum absolute atomic E-state index is 14.0. The van der Waals surface area contributed by atoms with Crippen LogP contribution in [0.15, 0.2) is 48.8 Å². The number of rotatable bonds is 3. The molecule has 0 saturated carbocycles. The number of benzene rings is 2. The minimum absolute atomic E-state index is 0.146. The first kappa shape index (κ1) is 14.8. The number of H-pyrrole nitrogens is 1. The number of carbonyl (C=O) groups is 1. The van der Waals surface area contributed by atoms with E-state index >= 15 is 0 Å². The van der Waals surface area contributed by atoms with Crippen molar-refractivity contribution in [3.63, 3.8) is 0 Å². The molecule has 0 aliphatic heterocycles. The summed E-state index contributed by atoms with van der Waals surface area (Å²) in [5, 5.41) is 8.76. The number of nitrogens with zero attached hydrogens (tertiary/aromatic N) is 1. The van der Waals surface area contributed by atoms with Crippen molar-refractivity contribution >= 4 is 11.6 Å². The summed E-state index contributed by atoms with van der Waals surface area (Å²) in [7, 11) is 0. The van der Waals surface area contributed by atoms with Gasteiger partial charge in [-0.05, 0) is 12.1 Å². The van der Waals surface area contributed by atoms with Crippen LogP contribution < -0.4 is 5.32 Å². The Morgan fingerprint density at radius 3 is 2.48 bits per heavy atom. The van der Waals surface area contributed by atoms with Crippen molar-refractivity contribution in [2.45, 2.75) is 0 Å². The highest BCUT2D eigenvalue weighted by atomic mass is 19.2. The highest BCUT2D eigenvalue weighted by molar-refractivity contribution is 6.06. The second-order valence-corrected chi connectivity index (χ2v) is 4.73. The average Bonchev–Trinajstić information content (AvgIpc) is 3.06. The van der Waals surface area contributed by atoms with E-state index in [2.05, 4.69) is 15.5 Å². The molecule has 4 nitrogen and oxygen atoms in total. The second kappa shape index (κ2) is 5.96. The molecule has 3 rings (SSSR count). The van der Waals surface area contributed by atoms with Gasteiger partial charge in [-0.1, -0.05) is 18.2 Å². The van der Waals surface area contributed by atoms with E-state index in [0.717, 1.165) is 6.07 Å². The number of carbonyl (C=O) groups excluding carboxylic acids is 1. The highest BCUT2D eigenvalue weighted by Crippen LogP contribution is 2.31. The Morgan fingerprint density at radius 1 is 1.00 bits per heavy atom. The number of anilines is 1. The van der Waals surface area contributed by atoms with Gasteiger partial charge in [-0.25, -0.2) is 13.2 Å². The summed E-state index contributed by atoms with van der Waals surface area (Å²) in [6, 6.07) is 7.50. The molecule has 0 fully saturated rings. The van der Waals surface area contributed by atoms with E-state index < -0.39 is 23.4 Å². The van der Waals surface area contributed by atoms with E-state index in [0.29, 0.717) is 6.07 Å². The van der Waals surface area contributed by atoms with Crippen LogP contribution in [0, 0.1) is 17.5 Å². The van der Waals surface area contributed by atoms with E-state index in [9.17, 15) is 18.0 Å². The molecule has 0 aliphatic rings. The molecular weight excluding hydrogens is 307 g/mol. The van der Waals surface area contributed by atoms with Crippen LogP contribution in [-0.2, 0) is 0 Å². The zero-order valence-corrected chi connectivity index (χ0v) is 11.6. The molecule has 2 N–H and O–H groups in total. The minimum Gasteiger partial charge on any atom is -0.321 e. The molecule has 0 unspecified atom stereocenters. The number of aromatic nitrogens is 2. The third-order valence-electron chi connectivity index (χ3n) is 3.24. The quantitative estimate of drug-likeness (QED) is 0.723. The summed E-state index contributed by atoms with van der Waals surface area (Å²) in [5.41, 5.74) is 0.641. The van der Waals surface area contributed by atoms with Crippen molar-refractivity contribution in [3.8, 4) is 11.1 Å². The van der Waals surface area contributed by atoms with Crippen LogP contribution in [0.2, 0.25) is 0 Å². The van der Waals surface area contributed by atoms with Crippen molar-refractivity contribution in [3.05, 3.63) is 71.8 Å². The first-order valence-corrected chi connectivity index (χ1v) is 6.60. The lowest BCUT2D eigenvalue weighted by atomic mass is 10.0. The molecule has 3 aromatic rings. The number of hydrogen-bond donors (Lipinski definition) is 2. The number of amides is 1. The molecule has 0 bridgehead atoms. The normalized spacial score (nSPS) is 10.6. The monoisotopic (exact) mass is 317 g/mol. The van der Waals surface area contributed by atoms with E-state index in [4.69, 9.17) is 0 Å². The fourth-order valence-electron chi connectivity index (χ4n) is 2.13. The molecule has 0 aliphatic carbocycles. The lowest BCUT2D eigenvalue weighted by Gasteiger charge is -2.12. The molecule has 2 aromatic carbocycles. The summed E-state index contributed by atoms with van der Waals surface area (Å²) in [4.78, 5) is 12.1. The SMILES string of the molecule is O=C(Nc1ccccc1-c1cc(F)c(F)cc1F)c1cn[nH]c1. The van der Waals surface area contributed by atoms with Gasteiger partial charge in [0.15, 0.2) is 11.6 Å². The smallest absolute Gasteiger partial charge is 0.258 e. The molecule has 116 valence electrons. The van der Waals surface area contributed by atoms with Crippen LogP contribution in [-0.4, -0.2) is 16.1 Å². The van der Waals surface area contributed by atoms with Crippen molar-refractivity contribution in [2.24, 2.45) is 0 Å². The number of para-hydroxylation sites is 1. The van der Waals surface area contributed by atoms with Gasteiger partial charge in [0.1, 0.15) is 5.82 Å². The van der Waals surface area contributed by atoms with Gasteiger partial charge in [0, 0.05) is 29.1 Å². The average molecular weight is 317 g/mol. The predicted octanol–water partition coefficient (Wildman–Crippen LogP) is 3.75. The van der Waals surface area contributed by atoms with Crippen molar-refractivity contribution in [1.29, 1.82) is 0 Å². The Bertz CT molecular complexity index is 863.